The molecule has 0 saturated heterocycles. The average molecular weight is 460 g/mol. The van der Waals surface area contributed by atoms with Crippen LogP contribution in [0.15, 0.2) is 76.7 Å². The van der Waals surface area contributed by atoms with E-state index in [4.69, 9.17) is 0 Å². The summed E-state index contributed by atoms with van der Waals surface area (Å²) >= 11 is 1.20. The Labute approximate surface area is 194 Å². The average Bonchev–Trinajstić information content (AvgIpc) is 2.84. The molecule has 0 spiro atoms. The van der Waals surface area contributed by atoms with Crippen LogP contribution in [0.5, 0.6) is 0 Å². The second-order valence-electron chi connectivity index (χ2n) is 8.11. The van der Waals surface area contributed by atoms with Crippen LogP contribution in [-0.2, 0) is 17.8 Å². The molecule has 5 nitrogen and oxygen atoms in total. The molecule has 1 aromatic heterocycles. The van der Waals surface area contributed by atoms with E-state index in [0.29, 0.717) is 40.4 Å². The number of carbonyl (C=O) groups is 1. The Hall–Kier alpha value is -3.45. The maximum atomic E-state index is 14.3. The van der Waals surface area contributed by atoms with Gasteiger partial charge in [0.05, 0.1) is 22.3 Å². The number of rotatable bonds is 4. The number of thioether (sulfide) groups is 1. The molecule has 5 rings (SSSR count). The third-order valence-electron chi connectivity index (χ3n) is 5.97. The van der Waals surface area contributed by atoms with Crippen molar-refractivity contribution in [3.8, 4) is 5.69 Å². The predicted molar refractivity (Wildman–Crippen MR) is 128 cm³/mol. The third-order valence-corrected chi connectivity index (χ3v) is 6.89. The summed E-state index contributed by atoms with van der Waals surface area (Å²) in [7, 11) is 0. The molecule has 7 heteroatoms. The van der Waals surface area contributed by atoms with E-state index in [1.165, 1.54) is 28.0 Å². The molecule has 0 unspecified atom stereocenters. The van der Waals surface area contributed by atoms with Gasteiger partial charge in [0.1, 0.15) is 5.82 Å². The van der Waals surface area contributed by atoms with E-state index >= 15 is 0 Å². The number of carbonyl (C=O) groups excluding carboxylic acids is 1. The van der Waals surface area contributed by atoms with E-state index < -0.39 is 5.82 Å². The molecule has 3 aromatic carbocycles. The minimum absolute atomic E-state index is 0.0152. The zero-order valence-corrected chi connectivity index (χ0v) is 18.9. The molecule has 1 amide bonds. The monoisotopic (exact) mass is 459 g/mol. The Bertz CT molecular complexity index is 1430. The van der Waals surface area contributed by atoms with Crippen LogP contribution in [0.2, 0.25) is 0 Å². The third kappa shape index (κ3) is 4.16. The van der Waals surface area contributed by atoms with Crippen molar-refractivity contribution >= 4 is 28.6 Å². The second-order valence-corrected chi connectivity index (χ2v) is 9.05. The Balaban J connectivity index is 1.47. The van der Waals surface area contributed by atoms with Crippen molar-refractivity contribution in [1.29, 1.82) is 0 Å². The molecule has 0 saturated carbocycles. The van der Waals surface area contributed by atoms with Crippen molar-refractivity contribution in [3.05, 3.63) is 99.6 Å². The molecule has 4 aromatic rings. The SMILES string of the molecule is Cc1ccc(-n2c(SCC(=O)N3CCc4ccccc4C3)nc3ccccc3c2=O)cc1F. The van der Waals surface area contributed by atoms with Gasteiger partial charge in [-0.25, -0.2) is 9.37 Å². The first-order chi connectivity index (χ1) is 16.0. The maximum absolute atomic E-state index is 14.3. The lowest BCUT2D eigenvalue weighted by Gasteiger charge is -2.28. The highest BCUT2D eigenvalue weighted by Gasteiger charge is 2.22. The maximum Gasteiger partial charge on any atom is 0.266 e. The Kier molecular flexibility index (Phi) is 5.72. The first kappa shape index (κ1) is 21.4. The predicted octanol–water partition coefficient (Wildman–Crippen LogP) is 4.51. The van der Waals surface area contributed by atoms with Crippen molar-refractivity contribution in [3.63, 3.8) is 0 Å². The molecule has 2 heterocycles. The van der Waals surface area contributed by atoms with Crippen LogP contribution in [0.4, 0.5) is 4.39 Å². The molecule has 0 radical (unpaired) electrons. The van der Waals surface area contributed by atoms with Gasteiger partial charge in [-0.1, -0.05) is 54.2 Å². The highest BCUT2D eigenvalue weighted by Crippen LogP contribution is 2.24. The van der Waals surface area contributed by atoms with Crippen LogP contribution < -0.4 is 5.56 Å². The minimum Gasteiger partial charge on any atom is -0.337 e. The smallest absolute Gasteiger partial charge is 0.266 e. The lowest BCUT2D eigenvalue weighted by Crippen LogP contribution is -2.37. The highest BCUT2D eigenvalue weighted by molar-refractivity contribution is 7.99. The topological polar surface area (TPSA) is 55.2 Å². The number of hydrogen-bond acceptors (Lipinski definition) is 4. The number of amides is 1. The number of hydrogen-bond donors (Lipinski definition) is 0. The molecule has 0 bridgehead atoms. The summed E-state index contributed by atoms with van der Waals surface area (Å²) in [5, 5.41) is 0.814. The lowest BCUT2D eigenvalue weighted by molar-refractivity contribution is -0.129. The van der Waals surface area contributed by atoms with Crippen LogP contribution in [0.3, 0.4) is 0 Å². The van der Waals surface area contributed by atoms with Gasteiger partial charge in [-0.2, -0.15) is 0 Å². The van der Waals surface area contributed by atoms with Gasteiger partial charge in [0.15, 0.2) is 5.16 Å². The number of aryl methyl sites for hydroxylation is 1. The Morgan fingerprint density at radius 2 is 1.82 bits per heavy atom. The molecule has 0 aliphatic carbocycles. The van der Waals surface area contributed by atoms with E-state index in [9.17, 15) is 14.0 Å². The summed E-state index contributed by atoms with van der Waals surface area (Å²) in [6.45, 7) is 2.92. The van der Waals surface area contributed by atoms with E-state index in [1.807, 2.05) is 23.1 Å². The van der Waals surface area contributed by atoms with Crippen molar-refractivity contribution in [2.24, 2.45) is 0 Å². The molecule has 1 aliphatic rings. The Morgan fingerprint density at radius 3 is 2.64 bits per heavy atom. The van der Waals surface area contributed by atoms with Crippen LogP contribution in [0, 0.1) is 12.7 Å². The molecule has 166 valence electrons. The summed E-state index contributed by atoms with van der Waals surface area (Å²) in [5.41, 5.74) is 3.59. The van der Waals surface area contributed by atoms with Gasteiger partial charge in [-0.3, -0.25) is 14.2 Å². The quantitative estimate of drug-likeness (QED) is 0.333. The van der Waals surface area contributed by atoms with Crippen LogP contribution in [0.1, 0.15) is 16.7 Å². The van der Waals surface area contributed by atoms with Crippen molar-refractivity contribution in [2.75, 3.05) is 12.3 Å². The number of nitrogens with zero attached hydrogens (tertiary/aromatic N) is 3. The molecule has 33 heavy (non-hydrogen) atoms. The Morgan fingerprint density at radius 1 is 1.06 bits per heavy atom. The summed E-state index contributed by atoms with van der Waals surface area (Å²) < 4.78 is 15.7. The van der Waals surface area contributed by atoms with Crippen LogP contribution >= 0.6 is 11.8 Å². The summed E-state index contributed by atoms with van der Waals surface area (Å²) in [6, 6.07) is 19.9. The molecule has 0 N–H and O–H groups in total. The van der Waals surface area contributed by atoms with Crippen molar-refractivity contribution < 1.29 is 9.18 Å². The fourth-order valence-corrected chi connectivity index (χ4v) is 5.00. The number of para-hydroxylation sites is 1. The van der Waals surface area contributed by atoms with Crippen LogP contribution in [-0.4, -0.2) is 32.7 Å². The van der Waals surface area contributed by atoms with Gasteiger partial charge in [0, 0.05) is 13.1 Å². The van der Waals surface area contributed by atoms with Crippen molar-refractivity contribution in [1.82, 2.24) is 14.5 Å². The summed E-state index contributed by atoms with van der Waals surface area (Å²) in [5.74, 6) is -0.272. The summed E-state index contributed by atoms with van der Waals surface area (Å²) in [6.07, 6.45) is 0.828. The fourth-order valence-electron chi connectivity index (χ4n) is 4.08. The normalized spacial score (nSPS) is 13.2. The van der Waals surface area contributed by atoms with Crippen molar-refractivity contribution in [2.45, 2.75) is 25.0 Å². The van der Waals surface area contributed by atoms with E-state index in [0.717, 1.165) is 12.0 Å². The lowest BCUT2D eigenvalue weighted by atomic mass is 10.00. The van der Waals surface area contributed by atoms with E-state index in [1.54, 1.807) is 37.3 Å². The minimum atomic E-state index is -0.397. The molecule has 0 fully saturated rings. The van der Waals surface area contributed by atoms with Gasteiger partial charge >= 0.3 is 0 Å². The largest absolute Gasteiger partial charge is 0.337 e. The van der Waals surface area contributed by atoms with Gasteiger partial charge < -0.3 is 4.90 Å². The first-order valence-corrected chi connectivity index (χ1v) is 11.8. The summed E-state index contributed by atoms with van der Waals surface area (Å²) in [4.78, 5) is 32.8. The van der Waals surface area contributed by atoms with E-state index in [-0.39, 0.29) is 17.2 Å². The molecular weight excluding hydrogens is 437 g/mol. The number of aromatic nitrogens is 2. The van der Waals surface area contributed by atoms with Crippen LogP contribution in [0.25, 0.3) is 16.6 Å². The zero-order chi connectivity index (χ0) is 22.9. The first-order valence-electron chi connectivity index (χ1n) is 10.8. The van der Waals surface area contributed by atoms with Gasteiger partial charge in [-0.05, 0) is 54.3 Å². The second kappa shape index (κ2) is 8.83. The highest BCUT2D eigenvalue weighted by atomic mass is 32.2. The number of fused-ring (bicyclic) bond motifs is 2. The molecular formula is C26H22FN3O2S. The van der Waals surface area contributed by atoms with Gasteiger partial charge in [-0.15, -0.1) is 0 Å². The number of halogens is 1. The van der Waals surface area contributed by atoms with Gasteiger partial charge in [0.25, 0.3) is 5.56 Å². The molecule has 0 atom stereocenters. The van der Waals surface area contributed by atoms with E-state index in [2.05, 4.69) is 17.1 Å². The zero-order valence-electron chi connectivity index (χ0n) is 18.1. The molecule has 1 aliphatic heterocycles. The van der Waals surface area contributed by atoms with Gasteiger partial charge in [0.2, 0.25) is 5.91 Å². The standard InChI is InChI=1S/C26H22FN3O2S/c1-17-10-11-20(14-22(17)27)30-25(32)21-8-4-5-9-23(21)28-26(30)33-16-24(31)29-13-12-18-6-2-3-7-19(18)15-29/h2-11,14H,12-13,15-16H2,1H3. The number of benzene rings is 3. The fraction of sp³-hybridized carbons (Fsp3) is 0.192.